The third kappa shape index (κ3) is 4.62. The lowest BCUT2D eigenvalue weighted by Gasteiger charge is -2.23. The maximum absolute atomic E-state index is 2.44. The van der Waals surface area contributed by atoms with Gasteiger partial charge in [0.1, 0.15) is 0 Å². The minimum absolute atomic E-state index is 0.108. The predicted octanol–water partition coefficient (Wildman–Crippen LogP) is 14.8. The van der Waals surface area contributed by atoms with Gasteiger partial charge in [-0.25, -0.2) is 0 Å². The average molecular weight is 673 g/mol. The van der Waals surface area contributed by atoms with Crippen molar-refractivity contribution in [2.75, 3.05) is 0 Å². The Bertz CT molecular complexity index is 3100. The van der Waals surface area contributed by atoms with Gasteiger partial charge in [0, 0.05) is 5.41 Å². The van der Waals surface area contributed by atoms with Gasteiger partial charge >= 0.3 is 0 Å². The van der Waals surface area contributed by atoms with E-state index in [9.17, 15) is 0 Å². The van der Waals surface area contributed by atoms with E-state index >= 15 is 0 Å². The first-order valence-electron chi connectivity index (χ1n) is 18.7. The third-order valence-corrected chi connectivity index (χ3v) is 12.0. The second-order valence-corrected chi connectivity index (χ2v) is 15.3. The zero-order chi connectivity index (χ0) is 35.3. The van der Waals surface area contributed by atoms with Gasteiger partial charge in [0.15, 0.2) is 0 Å². The number of rotatable bonds is 3. The average Bonchev–Trinajstić information content (AvgIpc) is 3.44. The quantitative estimate of drug-likeness (QED) is 0.164. The topological polar surface area (TPSA) is 0 Å². The fourth-order valence-electron chi connectivity index (χ4n) is 9.16. The van der Waals surface area contributed by atoms with Crippen molar-refractivity contribution < 1.29 is 0 Å². The highest BCUT2D eigenvalue weighted by Gasteiger charge is 2.36. The maximum atomic E-state index is 2.44. The Morgan fingerprint density at radius 2 is 0.623 bits per heavy atom. The Hall–Kier alpha value is -6.50. The molecule has 0 saturated carbocycles. The Morgan fingerprint density at radius 1 is 0.264 bits per heavy atom. The van der Waals surface area contributed by atoms with Gasteiger partial charge in [-0.1, -0.05) is 159 Å². The van der Waals surface area contributed by atoms with Crippen molar-refractivity contribution >= 4 is 53.9 Å². The number of hydrogen-bond acceptors (Lipinski definition) is 0. The summed E-state index contributed by atoms with van der Waals surface area (Å²) >= 11 is 0. The summed E-state index contributed by atoms with van der Waals surface area (Å²) in [5.74, 6) is 0. The molecule has 248 valence electrons. The van der Waals surface area contributed by atoms with Crippen LogP contribution in [0.5, 0.6) is 0 Å². The van der Waals surface area contributed by atoms with Crippen molar-refractivity contribution in [3.05, 3.63) is 193 Å². The summed E-state index contributed by atoms with van der Waals surface area (Å²) in [4.78, 5) is 0. The predicted molar refractivity (Wildman–Crippen MR) is 228 cm³/mol. The molecule has 1 aliphatic carbocycles. The molecule has 0 bridgehead atoms. The van der Waals surface area contributed by atoms with Crippen LogP contribution in [0.1, 0.15) is 25.0 Å². The summed E-state index contributed by atoms with van der Waals surface area (Å²) in [6.45, 7) is 4.77. The van der Waals surface area contributed by atoms with Crippen molar-refractivity contribution in [3.8, 4) is 44.5 Å². The fraction of sp³-hybridized carbons (Fsp3) is 0.0566. The number of hydrogen-bond donors (Lipinski definition) is 0. The van der Waals surface area contributed by atoms with Gasteiger partial charge in [-0.15, -0.1) is 0 Å². The molecule has 10 aromatic carbocycles. The minimum atomic E-state index is -0.108. The molecule has 1 aliphatic rings. The van der Waals surface area contributed by atoms with E-state index in [1.165, 1.54) is 109 Å². The smallest absolute Gasteiger partial charge is 0.0159 e. The Kier molecular flexibility index (Phi) is 6.40. The summed E-state index contributed by atoms with van der Waals surface area (Å²) < 4.78 is 0. The van der Waals surface area contributed by atoms with Crippen LogP contribution in [0, 0.1) is 0 Å². The lowest BCUT2D eigenvalue weighted by Crippen LogP contribution is -2.15. The molecule has 0 fully saturated rings. The second kappa shape index (κ2) is 11.2. The number of fused-ring (bicyclic) bond motifs is 11. The van der Waals surface area contributed by atoms with Crippen LogP contribution in [0.25, 0.3) is 98.4 Å². The zero-order valence-electron chi connectivity index (χ0n) is 29.8. The highest BCUT2D eigenvalue weighted by atomic mass is 14.4. The van der Waals surface area contributed by atoms with Gasteiger partial charge in [0.05, 0.1) is 0 Å². The molecule has 53 heavy (non-hydrogen) atoms. The van der Waals surface area contributed by atoms with Crippen molar-refractivity contribution in [2.45, 2.75) is 19.3 Å². The van der Waals surface area contributed by atoms with E-state index in [2.05, 4.69) is 196 Å². The molecule has 0 aliphatic heterocycles. The van der Waals surface area contributed by atoms with E-state index in [4.69, 9.17) is 0 Å². The molecule has 0 atom stereocenters. The van der Waals surface area contributed by atoms with Crippen molar-refractivity contribution in [1.29, 1.82) is 0 Å². The molecular weight excluding hydrogens is 637 g/mol. The molecule has 11 rings (SSSR count). The first-order chi connectivity index (χ1) is 26.0. The van der Waals surface area contributed by atoms with Gasteiger partial charge in [-0.05, 0) is 146 Å². The van der Waals surface area contributed by atoms with Crippen LogP contribution in [0.3, 0.4) is 0 Å². The summed E-state index contributed by atoms with van der Waals surface area (Å²) in [7, 11) is 0. The Balaban J connectivity index is 0.969. The third-order valence-electron chi connectivity index (χ3n) is 12.0. The van der Waals surface area contributed by atoms with E-state index in [0.717, 1.165) is 0 Å². The van der Waals surface area contributed by atoms with Gasteiger partial charge in [-0.3, -0.25) is 0 Å². The zero-order valence-corrected chi connectivity index (χ0v) is 29.8. The Labute approximate surface area is 309 Å². The van der Waals surface area contributed by atoms with Crippen molar-refractivity contribution in [2.24, 2.45) is 0 Å². The van der Waals surface area contributed by atoms with Crippen molar-refractivity contribution in [1.82, 2.24) is 0 Å². The summed E-state index contributed by atoms with van der Waals surface area (Å²) in [6, 6.07) is 68.0. The van der Waals surface area contributed by atoms with Crippen LogP contribution in [0.2, 0.25) is 0 Å². The van der Waals surface area contributed by atoms with Crippen LogP contribution in [-0.4, -0.2) is 0 Å². The van der Waals surface area contributed by atoms with Gasteiger partial charge in [-0.2, -0.15) is 0 Å². The molecule has 0 saturated heterocycles. The van der Waals surface area contributed by atoms with Gasteiger partial charge in [0.2, 0.25) is 0 Å². The number of benzene rings is 10. The summed E-state index contributed by atoms with van der Waals surface area (Å²) in [5.41, 5.74) is 12.9. The summed E-state index contributed by atoms with van der Waals surface area (Å²) in [5, 5.41) is 12.9. The van der Waals surface area contributed by atoms with E-state index in [0.29, 0.717) is 0 Å². The standard InChI is InChI=1S/C53H36/c1-53(2)51-31-40(36-18-15-33-9-3-4-10-35(33)27-36)22-25-48(51)49-26-23-41(32-52(49)53)38-20-17-34-16-19-37(28-42(34)29-38)39-21-24-47-45-13-6-5-11-43(45)44-12-7-8-14-46(44)50(47)30-39/h3-32H,1-2H3. The second-order valence-electron chi connectivity index (χ2n) is 15.3. The van der Waals surface area contributed by atoms with Crippen LogP contribution in [-0.2, 0) is 5.41 Å². The maximum Gasteiger partial charge on any atom is 0.0159 e. The molecule has 0 N–H and O–H groups in total. The first kappa shape index (κ1) is 30.2. The fourth-order valence-corrected chi connectivity index (χ4v) is 9.16. The largest absolute Gasteiger partial charge is 0.0616 e. The lowest BCUT2D eigenvalue weighted by atomic mass is 9.80. The minimum Gasteiger partial charge on any atom is -0.0616 e. The SMILES string of the molecule is CC1(C)c2cc(-c3ccc4ccccc4c3)ccc2-c2ccc(-c3ccc4ccc(-c5ccc6c7ccccc7c7ccccc7c6c5)cc4c3)cc21. The van der Waals surface area contributed by atoms with Crippen LogP contribution >= 0.6 is 0 Å². The molecule has 0 spiro atoms. The van der Waals surface area contributed by atoms with E-state index in [1.54, 1.807) is 0 Å². The molecule has 0 nitrogen and oxygen atoms in total. The van der Waals surface area contributed by atoms with E-state index < -0.39 is 0 Å². The van der Waals surface area contributed by atoms with Gasteiger partial charge in [0.25, 0.3) is 0 Å². The molecule has 0 heterocycles. The van der Waals surface area contributed by atoms with E-state index in [-0.39, 0.29) is 5.41 Å². The first-order valence-corrected chi connectivity index (χ1v) is 18.7. The molecule has 10 aromatic rings. The molecular formula is C53H36. The Morgan fingerprint density at radius 3 is 1.17 bits per heavy atom. The van der Waals surface area contributed by atoms with Crippen LogP contribution in [0.15, 0.2) is 182 Å². The van der Waals surface area contributed by atoms with Crippen molar-refractivity contribution in [3.63, 3.8) is 0 Å². The molecule has 0 aromatic heterocycles. The highest BCUT2D eigenvalue weighted by Crippen LogP contribution is 2.51. The molecule has 0 unspecified atom stereocenters. The van der Waals surface area contributed by atoms with Gasteiger partial charge < -0.3 is 0 Å². The summed E-state index contributed by atoms with van der Waals surface area (Å²) in [6.07, 6.45) is 0. The molecule has 0 heteroatoms. The monoisotopic (exact) mass is 672 g/mol. The normalized spacial score (nSPS) is 13.2. The van der Waals surface area contributed by atoms with Crippen LogP contribution < -0.4 is 0 Å². The molecule has 0 radical (unpaired) electrons. The van der Waals surface area contributed by atoms with E-state index in [1.807, 2.05) is 0 Å². The highest BCUT2D eigenvalue weighted by molar-refractivity contribution is 6.25. The lowest BCUT2D eigenvalue weighted by molar-refractivity contribution is 0.661. The van der Waals surface area contributed by atoms with Crippen LogP contribution in [0.4, 0.5) is 0 Å². The molecule has 0 amide bonds.